The highest BCUT2D eigenvalue weighted by molar-refractivity contribution is 5.73. The van der Waals surface area contributed by atoms with E-state index in [-0.39, 0.29) is 0 Å². The first-order valence-corrected chi connectivity index (χ1v) is 11.4. The summed E-state index contributed by atoms with van der Waals surface area (Å²) in [5.41, 5.74) is 0. The average Bonchev–Trinajstić information content (AvgIpc) is 2.84. The highest BCUT2D eigenvalue weighted by Crippen LogP contribution is 2.32. The summed E-state index contributed by atoms with van der Waals surface area (Å²) in [5, 5.41) is 93.2. The van der Waals surface area contributed by atoms with Gasteiger partial charge in [-0.05, 0) is 6.92 Å². The Labute approximate surface area is 205 Å². The predicted molar refractivity (Wildman–Crippen MR) is 111 cm³/mol. The minimum absolute atomic E-state index is 0.640. The van der Waals surface area contributed by atoms with Gasteiger partial charge >= 0.3 is 0 Å². The molecule has 3 heterocycles. The van der Waals surface area contributed by atoms with Crippen LogP contribution in [0.5, 0.6) is 0 Å². The number of rotatable bonds is 7. The van der Waals surface area contributed by atoms with Crippen LogP contribution in [-0.4, -0.2) is 157 Å². The predicted octanol–water partition coefficient (Wildman–Crippen LogP) is -6.40. The van der Waals surface area contributed by atoms with Crippen molar-refractivity contribution in [3.63, 3.8) is 0 Å². The number of hydrogen-bond donors (Lipinski definition) is 10. The maximum Gasteiger partial charge on any atom is 0.217 e. The van der Waals surface area contributed by atoms with Gasteiger partial charge in [0.1, 0.15) is 67.1 Å². The number of hydrogen-bond acceptors (Lipinski definition) is 15. The standard InChI is InChI=1S/C20H35NO15/c1-5-10(25)12(27)14(29)19(32-5)36-17-9(21-6(2)24)18(31)33-8(4-23)16(17)35-20-15(30)13(28)11(26)7(3-22)34-20/h5,7-20,22-23,25-31H,3-4H2,1-2H3,(H,21,24)/t5-,7+,8-,9+,10+,11+,12+,13-,14+,15+,16-,17-,18-,19+,20-/m1/s1. The number of aliphatic hydroxyl groups is 9. The van der Waals surface area contributed by atoms with E-state index in [2.05, 4.69) is 5.32 Å². The van der Waals surface area contributed by atoms with E-state index in [0.29, 0.717) is 0 Å². The van der Waals surface area contributed by atoms with E-state index in [0.717, 1.165) is 6.92 Å². The summed E-state index contributed by atoms with van der Waals surface area (Å²) in [5.74, 6) is -0.640. The lowest BCUT2D eigenvalue weighted by molar-refractivity contribution is -0.370. The average molecular weight is 529 g/mol. The summed E-state index contributed by atoms with van der Waals surface area (Å²) in [6.45, 7) is 1.00. The Morgan fingerprint density at radius 3 is 1.81 bits per heavy atom. The number of ether oxygens (including phenoxy) is 5. The SMILES string of the molecule is CC(=O)N[C@H]1[C@@H](O[C@@H]2O[C@H](C)[C@H](O)[C@H](O)[C@@H]2O)[C@H](O[C@H]2O[C@@H](CO)[C@H](O)[C@@H](O)[C@@H]2O)[C@@H](CO)O[C@H]1O. The van der Waals surface area contributed by atoms with Crippen molar-refractivity contribution < 1.29 is 74.4 Å². The number of carbonyl (C=O) groups is 1. The fraction of sp³-hybridized carbons (Fsp3) is 0.950. The molecule has 36 heavy (non-hydrogen) atoms. The van der Waals surface area contributed by atoms with Crippen molar-refractivity contribution in [3.05, 3.63) is 0 Å². The molecule has 0 saturated carbocycles. The molecule has 0 radical (unpaired) electrons. The third-order valence-corrected chi connectivity index (χ3v) is 6.45. The topological polar surface area (TPSA) is 257 Å². The van der Waals surface area contributed by atoms with Crippen molar-refractivity contribution in [1.82, 2.24) is 5.32 Å². The van der Waals surface area contributed by atoms with E-state index in [4.69, 9.17) is 23.7 Å². The fourth-order valence-corrected chi connectivity index (χ4v) is 4.40. The van der Waals surface area contributed by atoms with Crippen LogP contribution in [0.1, 0.15) is 13.8 Å². The molecular formula is C20H35NO15. The third kappa shape index (κ3) is 5.97. The molecule has 0 spiro atoms. The monoisotopic (exact) mass is 529 g/mol. The van der Waals surface area contributed by atoms with E-state index in [1.807, 2.05) is 0 Å². The summed E-state index contributed by atoms with van der Waals surface area (Å²) < 4.78 is 27.7. The molecule has 0 aromatic rings. The van der Waals surface area contributed by atoms with E-state index >= 15 is 0 Å². The highest BCUT2D eigenvalue weighted by Gasteiger charge is 2.54. The zero-order chi connectivity index (χ0) is 26.9. The molecule has 16 nitrogen and oxygen atoms in total. The molecule has 15 atom stereocenters. The second-order valence-electron chi connectivity index (χ2n) is 9.05. The lowest BCUT2D eigenvalue weighted by atomic mass is 9.94. The first-order chi connectivity index (χ1) is 16.9. The van der Waals surface area contributed by atoms with Crippen LogP contribution in [0.2, 0.25) is 0 Å². The summed E-state index contributed by atoms with van der Waals surface area (Å²) in [6.07, 6.45) is -22.0. The fourth-order valence-electron chi connectivity index (χ4n) is 4.40. The van der Waals surface area contributed by atoms with Crippen molar-refractivity contribution in [2.75, 3.05) is 13.2 Å². The second-order valence-corrected chi connectivity index (χ2v) is 9.05. The number of amides is 1. The Morgan fingerprint density at radius 1 is 0.722 bits per heavy atom. The first-order valence-electron chi connectivity index (χ1n) is 11.4. The Balaban J connectivity index is 1.92. The molecule has 3 aliphatic rings. The molecule has 1 amide bonds. The van der Waals surface area contributed by atoms with Gasteiger partial charge in [0.15, 0.2) is 18.9 Å². The Bertz CT molecular complexity index is 729. The number of carbonyl (C=O) groups excluding carboxylic acids is 1. The largest absolute Gasteiger partial charge is 0.394 e. The van der Waals surface area contributed by atoms with Crippen molar-refractivity contribution in [3.8, 4) is 0 Å². The van der Waals surface area contributed by atoms with Crippen molar-refractivity contribution in [1.29, 1.82) is 0 Å². The Hall–Kier alpha value is -1.09. The summed E-state index contributed by atoms with van der Waals surface area (Å²) in [4.78, 5) is 11.8. The molecule has 0 aliphatic carbocycles. The molecule has 10 N–H and O–H groups in total. The molecule has 0 bridgehead atoms. The minimum atomic E-state index is -1.85. The lowest BCUT2D eigenvalue weighted by Crippen LogP contribution is -2.69. The second kappa shape index (κ2) is 12.2. The minimum Gasteiger partial charge on any atom is -0.394 e. The zero-order valence-corrected chi connectivity index (χ0v) is 19.5. The van der Waals surface area contributed by atoms with Gasteiger partial charge in [0.05, 0.1) is 19.3 Å². The van der Waals surface area contributed by atoms with Gasteiger partial charge in [-0.3, -0.25) is 4.79 Å². The number of nitrogens with one attached hydrogen (secondary N) is 1. The molecule has 16 heteroatoms. The highest BCUT2D eigenvalue weighted by atomic mass is 16.7. The van der Waals surface area contributed by atoms with Crippen LogP contribution < -0.4 is 5.32 Å². The van der Waals surface area contributed by atoms with E-state index in [9.17, 15) is 50.8 Å². The summed E-state index contributed by atoms with van der Waals surface area (Å²) >= 11 is 0. The quantitative estimate of drug-likeness (QED) is 0.147. The van der Waals surface area contributed by atoms with E-state index in [1.165, 1.54) is 6.92 Å². The van der Waals surface area contributed by atoms with Crippen LogP contribution in [0.25, 0.3) is 0 Å². The van der Waals surface area contributed by atoms with Crippen molar-refractivity contribution in [2.24, 2.45) is 0 Å². The van der Waals surface area contributed by atoms with Gasteiger partial charge in [-0.1, -0.05) is 0 Å². The van der Waals surface area contributed by atoms with Crippen molar-refractivity contribution >= 4 is 5.91 Å². The first kappa shape index (κ1) is 29.5. The molecule has 3 aliphatic heterocycles. The normalized spacial score (nSPS) is 50.0. The molecule has 0 aromatic carbocycles. The molecule has 0 unspecified atom stereocenters. The maximum absolute atomic E-state index is 11.8. The number of aliphatic hydroxyl groups excluding tert-OH is 9. The van der Waals surface area contributed by atoms with Crippen LogP contribution >= 0.6 is 0 Å². The van der Waals surface area contributed by atoms with E-state index < -0.39 is 111 Å². The molecular weight excluding hydrogens is 494 g/mol. The molecule has 3 rings (SSSR count). The molecule has 3 saturated heterocycles. The van der Waals surface area contributed by atoms with Gasteiger partial charge in [-0.2, -0.15) is 0 Å². The smallest absolute Gasteiger partial charge is 0.217 e. The Morgan fingerprint density at radius 2 is 1.25 bits per heavy atom. The molecule has 210 valence electrons. The summed E-state index contributed by atoms with van der Waals surface area (Å²) in [7, 11) is 0. The Kier molecular flexibility index (Phi) is 9.97. The molecule has 3 fully saturated rings. The van der Waals surface area contributed by atoms with Gasteiger partial charge in [0.25, 0.3) is 0 Å². The van der Waals surface area contributed by atoms with Crippen LogP contribution in [0.15, 0.2) is 0 Å². The summed E-state index contributed by atoms with van der Waals surface area (Å²) in [6, 6.07) is -1.41. The van der Waals surface area contributed by atoms with Crippen LogP contribution in [0.3, 0.4) is 0 Å². The van der Waals surface area contributed by atoms with Gasteiger partial charge in [0, 0.05) is 6.92 Å². The van der Waals surface area contributed by atoms with Crippen molar-refractivity contribution in [2.45, 2.75) is 106 Å². The molecule has 0 aromatic heterocycles. The van der Waals surface area contributed by atoms with Crippen LogP contribution in [-0.2, 0) is 28.5 Å². The van der Waals surface area contributed by atoms with E-state index in [1.54, 1.807) is 0 Å². The van der Waals surface area contributed by atoms with Crippen LogP contribution in [0, 0.1) is 0 Å². The van der Waals surface area contributed by atoms with Gasteiger partial charge in [-0.25, -0.2) is 0 Å². The lowest BCUT2D eigenvalue weighted by Gasteiger charge is -2.49. The van der Waals surface area contributed by atoms with Crippen LogP contribution in [0.4, 0.5) is 0 Å². The van der Waals surface area contributed by atoms with Gasteiger partial charge in [0.2, 0.25) is 5.91 Å². The zero-order valence-electron chi connectivity index (χ0n) is 19.5. The van der Waals surface area contributed by atoms with Gasteiger partial charge < -0.3 is 75.0 Å². The third-order valence-electron chi connectivity index (χ3n) is 6.45. The maximum atomic E-state index is 11.8. The van der Waals surface area contributed by atoms with Gasteiger partial charge in [-0.15, -0.1) is 0 Å².